The average Bonchev–Trinajstić information content (AvgIpc) is 2.02. The standard InChI is InChI=1S/C8H21NOSi2/c1-4-8(9)11-10-6-5-7-12(11,2)3/h8,11H,4-7,9H2,1-3H3. The third-order valence-electron chi connectivity index (χ3n) is 2.89. The van der Waals surface area contributed by atoms with Crippen molar-refractivity contribution in [1.29, 1.82) is 0 Å². The smallest absolute Gasteiger partial charge is 0.181 e. The molecular formula is C8H21NOSi2. The average molecular weight is 203 g/mol. The van der Waals surface area contributed by atoms with Crippen molar-refractivity contribution in [2.24, 2.45) is 5.73 Å². The monoisotopic (exact) mass is 203 g/mol. The molecule has 0 spiro atoms. The van der Waals surface area contributed by atoms with Crippen molar-refractivity contribution in [2.45, 2.75) is 44.6 Å². The molecule has 0 bridgehead atoms. The summed E-state index contributed by atoms with van der Waals surface area (Å²) in [5.41, 5.74) is 6.50. The molecule has 0 aromatic heterocycles. The lowest BCUT2D eigenvalue weighted by Gasteiger charge is -2.38. The van der Waals surface area contributed by atoms with Crippen LogP contribution < -0.4 is 5.73 Å². The van der Waals surface area contributed by atoms with Gasteiger partial charge in [-0.1, -0.05) is 26.1 Å². The number of rotatable bonds is 2. The number of hydrogen-bond donors (Lipinski definition) is 1. The van der Waals surface area contributed by atoms with E-state index < -0.39 is 16.1 Å². The lowest BCUT2D eigenvalue weighted by molar-refractivity contribution is 0.311. The van der Waals surface area contributed by atoms with Gasteiger partial charge >= 0.3 is 0 Å². The minimum Gasteiger partial charge on any atom is -0.422 e. The largest absolute Gasteiger partial charge is 0.422 e. The lowest BCUT2D eigenvalue weighted by atomic mass is 10.5. The van der Waals surface area contributed by atoms with Gasteiger partial charge in [0.25, 0.3) is 0 Å². The first-order valence-corrected chi connectivity index (χ1v) is 11.1. The molecule has 1 rings (SSSR count). The Kier molecular flexibility index (Phi) is 3.51. The number of nitrogens with two attached hydrogens (primary N) is 1. The summed E-state index contributed by atoms with van der Waals surface area (Å²) >= 11 is 0. The topological polar surface area (TPSA) is 35.2 Å². The van der Waals surface area contributed by atoms with Crippen LogP contribution in [0.2, 0.25) is 19.1 Å². The van der Waals surface area contributed by atoms with Crippen LogP contribution in [-0.2, 0) is 4.43 Å². The zero-order valence-electron chi connectivity index (χ0n) is 8.47. The SMILES string of the molecule is CCC(N)[SiH]1OCCC[Si]1(C)C. The normalized spacial score (nSPS) is 31.5. The van der Waals surface area contributed by atoms with Crippen LogP contribution in [0.25, 0.3) is 0 Å². The molecule has 1 heterocycles. The molecule has 0 saturated carbocycles. The van der Waals surface area contributed by atoms with Crippen LogP contribution in [0.4, 0.5) is 0 Å². The molecule has 12 heavy (non-hydrogen) atoms. The van der Waals surface area contributed by atoms with Crippen LogP contribution in [0.5, 0.6) is 0 Å². The van der Waals surface area contributed by atoms with Crippen molar-refractivity contribution in [3.05, 3.63) is 0 Å². The van der Waals surface area contributed by atoms with E-state index in [0.717, 1.165) is 13.0 Å². The second kappa shape index (κ2) is 4.04. The molecule has 1 aliphatic heterocycles. The summed E-state index contributed by atoms with van der Waals surface area (Å²) < 4.78 is 5.92. The molecule has 0 radical (unpaired) electrons. The third kappa shape index (κ3) is 2.19. The predicted molar refractivity (Wildman–Crippen MR) is 58.3 cm³/mol. The van der Waals surface area contributed by atoms with E-state index in [0.29, 0.717) is 5.67 Å². The highest BCUT2D eigenvalue weighted by Gasteiger charge is 2.40. The van der Waals surface area contributed by atoms with E-state index in [-0.39, 0.29) is 0 Å². The summed E-state index contributed by atoms with van der Waals surface area (Å²) in [5.74, 6) is 0. The minimum atomic E-state index is -1.01. The van der Waals surface area contributed by atoms with E-state index in [1.54, 1.807) is 0 Å². The van der Waals surface area contributed by atoms with Crippen LogP contribution in [0, 0.1) is 0 Å². The van der Waals surface area contributed by atoms with Gasteiger partial charge in [-0.3, -0.25) is 0 Å². The van der Waals surface area contributed by atoms with Crippen molar-refractivity contribution in [2.75, 3.05) is 6.61 Å². The summed E-state index contributed by atoms with van der Waals surface area (Å²) in [6.45, 7) is 8.08. The van der Waals surface area contributed by atoms with Gasteiger partial charge in [-0.15, -0.1) is 0 Å². The van der Waals surface area contributed by atoms with Gasteiger partial charge in [0.05, 0.1) is 7.59 Å². The lowest BCUT2D eigenvalue weighted by Crippen LogP contribution is -2.60. The molecule has 0 aromatic rings. The van der Waals surface area contributed by atoms with Crippen molar-refractivity contribution >= 4 is 16.1 Å². The predicted octanol–water partition coefficient (Wildman–Crippen LogP) is 1.19. The second-order valence-corrected chi connectivity index (χ2v) is 17.4. The van der Waals surface area contributed by atoms with Gasteiger partial charge in [-0.05, 0) is 12.8 Å². The molecule has 0 amide bonds. The van der Waals surface area contributed by atoms with Crippen molar-refractivity contribution in [3.63, 3.8) is 0 Å². The molecule has 4 heteroatoms. The van der Waals surface area contributed by atoms with Gasteiger partial charge in [0.2, 0.25) is 0 Å². The Hall–Kier alpha value is 0.354. The molecule has 2 unspecified atom stereocenters. The summed E-state index contributed by atoms with van der Waals surface area (Å²) in [4.78, 5) is 0. The Morgan fingerprint density at radius 1 is 1.58 bits per heavy atom. The fourth-order valence-electron chi connectivity index (χ4n) is 2.02. The Morgan fingerprint density at radius 2 is 2.25 bits per heavy atom. The van der Waals surface area contributed by atoms with Crippen LogP contribution in [0.3, 0.4) is 0 Å². The molecule has 2 N–H and O–H groups in total. The van der Waals surface area contributed by atoms with Gasteiger partial charge in [-0.25, -0.2) is 0 Å². The van der Waals surface area contributed by atoms with Crippen molar-refractivity contribution < 1.29 is 4.43 Å². The minimum absolute atomic E-state index is 0.409. The molecule has 1 aliphatic rings. The first-order chi connectivity index (χ1) is 5.58. The first kappa shape index (κ1) is 10.4. The molecular weight excluding hydrogens is 182 g/mol. The Balaban J connectivity index is 2.59. The molecule has 0 aromatic carbocycles. The van der Waals surface area contributed by atoms with Crippen LogP contribution in [-0.4, -0.2) is 28.4 Å². The second-order valence-electron chi connectivity index (χ2n) is 4.46. The zero-order chi connectivity index (χ0) is 9.19. The molecule has 0 aliphatic carbocycles. The Bertz CT molecular complexity index is 152. The van der Waals surface area contributed by atoms with Crippen molar-refractivity contribution in [3.8, 4) is 0 Å². The maximum Gasteiger partial charge on any atom is 0.181 e. The van der Waals surface area contributed by atoms with Crippen molar-refractivity contribution in [1.82, 2.24) is 0 Å². The van der Waals surface area contributed by atoms with E-state index in [1.165, 1.54) is 12.5 Å². The Labute approximate surface area is 78.0 Å². The van der Waals surface area contributed by atoms with Crippen LogP contribution in [0.1, 0.15) is 19.8 Å². The third-order valence-corrected chi connectivity index (χ3v) is 15.2. The quantitative estimate of drug-likeness (QED) is 0.684. The van der Waals surface area contributed by atoms with Gasteiger partial charge in [0, 0.05) is 12.3 Å². The maximum absolute atomic E-state index is 6.09. The van der Waals surface area contributed by atoms with Crippen LogP contribution >= 0.6 is 0 Å². The van der Waals surface area contributed by atoms with E-state index in [1.807, 2.05) is 0 Å². The van der Waals surface area contributed by atoms with Gasteiger partial charge in [-0.2, -0.15) is 0 Å². The summed E-state index contributed by atoms with van der Waals surface area (Å²) in [6.07, 6.45) is 2.38. The molecule has 2 nitrogen and oxygen atoms in total. The molecule has 2 atom stereocenters. The maximum atomic E-state index is 6.09. The van der Waals surface area contributed by atoms with Gasteiger partial charge < -0.3 is 10.2 Å². The van der Waals surface area contributed by atoms with E-state index in [2.05, 4.69) is 20.0 Å². The van der Waals surface area contributed by atoms with Gasteiger partial charge in [0.1, 0.15) is 0 Å². The first-order valence-electron chi connectivity index (χ1n) is 4.95. The number of hydrogen-bond acceptors (Lipinski definition) is 2. The highest BCUT2D eigenvalue weighted by atomic mass is 29.2. The van der Waals surface area contributed by atoms with E-state index in [9.17, 15) is 0 Å². The summed E-state index contributed by atoms with van der Waals surface area (Å²) in [5, 5.41) is 0. The van der Waals surface area contributed by atoms with E-state index >= 15 is 0 Å². The fraction of sp³-hybridized carbons (Fsp3) is 1.00. The Morgan fingerprint density at radius 3 is 2.75 bits per heavy atom. The summed E-state index contributed by atoms with van der Waals surface area (Å²) in [6, 6.07) is 1.44. The fourth-order valence-corrected chi connectivity index (χ4v) is 13.4. The highest BCUT2D eigenvalue weighted by Crippen LogP contribution is 2.23. The summed E-state index contributed by atoms with van der Waals surface area (Å²) in [7, 11) is -2.03. The van der Waals surface area contributed by atoms with E-state index in [4.69, 9.17) is 10.2 Å². The molecule has 72 valence electrons. The van der Waals surface area contributed by atoms with Crippen LogP contribution in [0.15, 0.2) is 0 Å². The zero-order valence-corrected chi connectivity index (χ0v) is 10.6. The molecule has 1 saturated heterocycles. The highest BCUT2D eigenvalue weighted by molar-refractivity contribution is 7.30. The molecule has 1 fully saturated rings. The van der Waals surface area contributed by atoms with Gasteiger partial charge in [0.15, 0.2) is 8.56 Å².